The number of aryl methyl sites for hydroxylation is 3. The summed E-state index contributed by atoms with van der Waals surface area (Å²) in [7, 11) is 0. The molecule has 5 heteroatoms. The van der Waals surface area contributed by atoms with Crippen LogP contribution in [-0.2, 0) is 6.54 Å². The fourth-order valence-electron chi connectivity index (χ4n) is 2.75. The van der Waals surface area contributed by atoms with Crippen molar-refractivity contribution in [3.05, 3.63) is 53.6 Å². The van der Waals surface area contributed by atoms with E-state index in [2.05, 4.69) is 26.8 Å². The molecule has 0 spiro atoms. The molecule has 0 aliphatic rings. The molecule has 1 N–H and O–H groups in total. The minimum atomic E-state index is -0.202. The van der Waals surface area contributed by atoms with Gasteiger partial charge in [-0.05, 0) is 50.1 Å². The minimum Gasteiger partial charge on any atom is -0.328 e. The molecule has 118 valence electrons. The molecule has 2 aromatic heterocycles. The second kappa shape index (κ2) is 6.20. The molecule has 0 aliphatic carbocycles. The molecule has 3 rings (SSSR count). The molecule has 0 bridgehead atoms. The lowest BCUT2D eigenvalue weighted by Crippen LogP contribution is -2.15. The van der Waals surface area contributed by atoms with Crippen molar-refractivity contribution in [1.29, 1.82) is 0 Å². The number of hydrogen-bond donors (Lipinski definition) is 1. The van der Waals surface area contributed by atoms with E-state index in [1.807, 2.05) is 44.2 Å². The molecule has 1 amide bonds. The van der Waals surface area contributed by atoms with E-state index in [1.54, 1.807) is 6.20 Å². The molecule has 0 unspecified atom stereocenters. The molecular formula is C18H20N4O. The first-order chi connectivity index (χ1) is 11.1. The van der Waals surface area contributed by atoms with Crippen LogP contribution in [0, 0.1) is 13.8 Å². The monoisotopic (exact) mass is 308 g/mol. The van der Waals surface area contributed by atoms with Crippen LogP contribution in [0.2, 0.25) is 0 Å². The summed E-state index contributed by atoms with van der Waals surface area (Å²) in [6, 6.07) is 9.52. The van der Waals surface area contributed by atoms with Gasteiger partial charge in [-0.2, -0.15) is 0 Å². The third-order valence-electron chi connectivity index (χ3n) is 3.87. The number of carbonyl (C=O) groups excluding carboxylic acids is 1. The number of imidazole rings is 1. The van der Waals surface area contributed by atoms with Gasteiger partial charge in [0.15, 0.2) is 0 Å². The fraction of sp³-hybridized carbons (Fsp3) is 0.278. The van der Waals surface area contributed by atoms with Gasteiger partial charge in [0.05, 0.1) is 11.0 Å². The summed E-state index contributed by atoms with van der Waals surface area (Å²) >= 11 is 0. The summed E-state index contributed by atoms with van der Waals surface area (Å²) in [4.78, 5) is 21.1. The van der Waals surface area contributed by atoms with Gasteiger partial charge in [-0.3, -0.25) is 9.78 Å². The highest BCUT2D eigenvalue weighted by atomic mass is 16.1. The van der Waals surface area contributed by atoms with Crippen LogP contribution < -0.4 is 5.32 Å². The minimum absolute atomic E-state index is 0.202. The van der Waals surface area contributed by atoms with Crippen LogP contribution in [0.1, 0.15) is 35.2 Å². The van der Waals surface area contributed by atoms with Gasteiger partial charge in [0.2, 0.25) is 0 Å². The Morgan fingerprint density at radius 1 is 1.26 bits per heavy atom. The van der Waals surface area contributed by atoms with Gasteiger partial charge in [-0.25, -0.2) is 4.98 Å². The Balaban J connectivity index is 1.89. The van der Waals surface area contributed by atoms with Gasteiger partial charge < -0.3 is 9.88 Å². The second-order valence-electron chi connectivity index (χ2n) is 5.64. The molecule has 0 saturated carbocycles. The number of carbonyl (C=O) groups is 1. The fourth-order valence-corrected chi connectivity index (χ4v) is 2.75. The Morgan fingerprint density at radius 3 is 2.83 bits per heavy atom. The number of fused-ring (bicyclic) bond motifs is 1. The highest BCUT2D eigenvalue weighted by Gasteiger charge is 2.12. The smallest absolute Gasteiger partial charge is 0.274 e. The lowest BCUT2D eigenvalue weighted by molar-refractivity contribution is 0.102. The maximum atomic E-state index is 12.3. The molecule has 0 saturated heterocycles. The van der Waals surface area contributed by atoms with Crippen molar-refractivity contribution in [2.75, 3.05) is 5.32 Å². The number of aromatic nitrogens is 3. The Morgan fingerprint density at radius 2 is 2.09 bits per heavy atom. The number of amides is 1. The van der Waals surface area contributed by atoms with Crippen LogP contribution >= 0.6 is 0 Å². The topological polar surface area (TPSA) is 59.8 Å². The Hall–Kier alpha value is -2.69. The molecule has 3 aromatic rings. The highest BCUT2D eigenvalue weighted by Crippen LogP contribution is 2.21. The maximum absolute atomic E-state index is 12.3. The third kappa shape index (κ3) is 2.95. The zero-order chi connectivity index (χ0) is 16.4. The van der Waals surface area contributed by atoms with Crippen LogP contribution in [0.15, 0.2) is 36.5 Å². The molecule has 0 radical (unpaired) electrons. The molecule has 0 atom stereocenters. The number of benzene rings is 1. The van der Waals surface area contributed by atoms with Crippen LogP contribution in [0.5, 0.6) is 0 Å². The van der Waals surface area contributed by atoms with E-state index < -0.39 is 0 Å². The van der Waals surface area contributed by atoms with Gasteiger partial charge >= 0.3 is 0 Å². The Bertz CT molecular complexity index is 867. The summed E-state index contributed by atoms with van der Waals surface area (Å²) in [6.07, 6.45) is 2.69. The third-order valence-corrected chi connectivity index (χ3v) is 3.87. The first kappa shape index (κ1) is 15.2. The second-order valence-corrected chi connectivity index (χ2v) is 5.64. The average Bonchev–Trinajstić information content (AvgIpc) is 2.83. The van der Waals surface area contributed by atoms with Gasteiger partial charge in [0.25, 0.3) is 5.91 Å². The summed E-state index contributed by atoms with van der Waals surface area (Å²) in [6.45, 7) is 6.97. The normalized spacial score (nSPS) is 10.9. The van der Waals surface area contributed by atoms with Crippen molar-refractivity contribution in [1.82, 2.24) is 14.5 Å². The van der Waals surface area contributed by atoms with E-state index in [0.717, 1.165) is 41.1 Å². The zero-order valence-corrected chi connectivity index (χ0v) is 13.6. The number of nitrogens with zero attached hydrogens (tertiary/aromatic N) is 3. The Kier molecular flexibility index (Phi) is 4.10. The summed E-state index contributed by atoms with van der Waals surface area (Å²) in [5.74, 6) is 0.790. The van der Waals surface area contributed by atoms with E-state index in [1.165, 1.54) is 0 Å². The van der Waals surface area contributed by atoms with Crippen molar-refractivity contribution in [3.8, 4) is 0 Å². The highest BCUT2D eigenvalue weighted by molar-refractivity contribution is 6.04. The molecule has 5 nitrogen and oxygen atoms in total. The zero-order valence-electron chi connectivity index (χ0n) is 13.6. The van der Waals surface area contributed by atoms with E-state index in [9.17, 15) is 4.79 Å². The number of rotatable bonds is 4. The van der Waals surface area contributed by atoms with Crippen molar-refractivity contribution < 1.29 is 4.79 Å². The van der Waals surface area contributed by atoms with Crippen LogP contribution in [0.25, 0.3) is 11.0 Å². The van der Waals surface area contributed by atoms with Crippen LogP contribution in [0.4, 0.5) is 5.69 Å². The molecule has 2 heterocycles. The molecular weight excluding hydrogens is 288 g/mol. The summed E-state index contributed by atoms with van der Waals surface area (Å²) in [5, 5.41) is 2.90. The molecule has 23 heavy (non-hydrogen) atoms. The van der Waals surface area contributed by atoms with E-state index in [4.69, 9.17) is 0 Å². The van der Waals surface area contributed by atoms with Crippen LogP contribution in [-0.4, -0.2) is 20.4 Å². The first-order valence-corrected chi connectivity index (χ1v) is 7.80. The SMILES string of the molecule is CCCn1c(C)nc2cc(NC(=O)c3ncccc3C)ccc21. The summed E-state index contributed by atoms with van der Waals surface area (Å²) < 4.78 is 2.20. The van der Waals surface area contributed by atoms with Gasteiger partial charge in [0.1, 0.15) is 11.5 Å². The van der Waals surface area contributed by atoms with Gasteiger partial charge in [-0.15, -0.1) is 0 Å². The average molecular weight is 308 g/mol. The van der Waals surface area contributed by atoms with Crippen molar-refractivity contribution in [2.24, 2.45) is 0 Å². The lowest BCUT2D eigenvalue weighted by atomic mass is 10.2. The van der Waals surface area contributed by atoms with E-state index in [-0.39, 0.29) is 5.91 Å². The van der Waals surface area contributed by atoms with Gasteiger partial charge in [-0.1, -0.05) is 13.0 Å². The number of anilines is 1. The Labute approximate surface area is 135 Å². The molecule has 0 aliphatic heterocycles. The first-order valence-electron chi connectivity index (χ1n) is 7.80. The lowest BCUT2D eigenvalue weighted by Gasteiger charge is -2.07. The quantitative estimate of drug-likeness (QED) is 0.799. The number of nitrogens with one attached hydrogen (secondary N) is 1. The van der Waals surface area contributed by atoms with Crippen molar-refractivity contribution in [3.63, 3.8) is 0 Å². The predicted molar refractivity (Wildman–Crippen MR) is 91.7 cm³/mol. The number of hydrogen-bond acceptors (Lipinski definition) is 3. The standard InChI is InChI=1S/C18H20N4O/c1-4-10-22-13(3)20-15-11-14(7-8-16(15)22)21-18(23)17-12(2)6-5-9-19-17/h5-9,11H,4,10H2,1-3H3,(H,21,23). The van der Waals surface area contributed by atoms with Crippen molar-refractivity contribution in [2.45, 2.75) is 33.7 Å². The summed E-state index contributed by atoms with van der Waals surface area (Å²) in [5.41, 5.74) is 4.02. The maximum Gasteiger partial charge on any atom is 0.274 e. The van der Waals surface area contributed by atoms with E-state index in [0.29, 0.717) is 5.69 Å². The van der Waals surface area contributed by atoms with Gasteiger partial charge in [0, 0.05) is 18.4 Å². The van der Waals surface area contributed by atoms with E-state index >= 15 is 0 Å². The predicted octanol–water partition coefficient (Wildman–Crippen LogP) is 3.71. The van der Waals surface area contributed by atoms with Crippen molar-refractivity contribution >= 4 is 22.6 Å². The molecule has 1 aromatic carbocycles. The van der Waals surface area contributed by atoms with Crippen LogP contribution in [0.3, 0.4) is 0 Å². The molecule has 0 fully saturated rings. The number of pyridine rings is 1. The largest absolute Gasteiger partial charge is 0.328 e.